The molecule has 2 heterocycles. The van der Waals surface area contributed by atoms with Crippen LogP contribution in [-0.2, 0) is 16.1 Å². The Labute approximate surface area is 142 Å². The number of rotatable bonds is 5. The molecular formula is C18H23N3O3. The third-order valence-electron chi connectivity index (χ3n) is 4.19. The Morgan fingerprint density at radius 3 is 2.79 bits per heavy atom. The van der Waals surface area contributed by atoms with Crippen molar-refractivity contribution in [3.63, 3.8) is 0 Å². The molecular weight excluding hydrogens is 306 g/mol. The fraction of sp³-hybridized carbons (Fsp3) is 0.444. The Kier molecular flexibility index (Phi) is 5.15. The second kappa shape index (κ2) is 7.49. The van der Waals surface area contributed by atoms with Crippen molar-refractivity contribution in [3.05, 3.63) is 48.2 Å². The molecule has 1 aliphatic rings. The van der Waals surface area contributed by atoms with Crippen LogP contribution in [0.4, 0.5) is 5.69 Å². The molecule has 1 aromatic carbocycles. The van der Waals surface area contributed by atoms with E-state index in [1.54, 1.807) is 6.20 Å². The number of piperazine rings is 1. The molecule has 0 bridgehead atoms. The number of anilines is 1. The fourth-order valence-corrected chi connectivity index (χ4v) is 2.97. The van der Waals surface area contributed by atoms with Crippen molar-refractivity contribution in [2.24, 2.45) is 0 Å². The Bertz CT molecular complexity index is 671. The first-order chi connectivity index (χ1) is 11.6. The molecule has 1 unspecified atom stereocenters. The number of aromatic nitrogens is 1. The summed E-state index contributed by atoms with van der Waals surface area (Å²) in [6.07, 6.45) is 1.64. The lowest BCUT2D eigenvalue weighted by Crippen LogP contribution is -2.54. The van der Waals surface area contributed by atoms with Crippen LogP contribution in [0.25, 0.3) is 0 Å². The van der Waals surface area contributed by atoms with Gasteiger partial charge in [-0.2, -0.15) is 0 Å². The third-order valence-corrected chi connectivity index (χ3v) is 4.19. The summed E-state index contributed by atoms with van der Waals surface area (Å²) in [4.78, 5) is 20.6. The van der Waals surface area contributed by atoms with Gasteiger partial charge >= 0.3 is 0 Å². The van der Waals surface area contributed by atoms with Gasteiger partial charge in [0.15, 0.2) is 0 Å². The van der Waals surface area contributed by atoms with E-state index in [0.717, 1.165) is 12.3 Å². The molecule has 128 valence electrons. The van der Waals surface area contributed by atoms with Gasteiger partial charge in [0.25, 0.3) is 0 Å². The zero-order chi connectivity index (χ0) is 16.9. The molecule has 6 heteroatoms. The summed E-state index contributed by atoms with van der Waals surface area (Å²) in [5.41, 5.74) is 1.20. The summed E-state index contributed by atoms with van der Waals surface area (Å²) < 4.78 is 10.8. The van der Waals surface area contributed by atoms with Crippen molar-refractivity contribution in [2.45, 2.75) is 26.5 Å². The van der Waals surface area contributed by atoms with E-state index in [4.69, 9.17) is 9.15 Å². The van der Waals surface area contributed by atoms with Crippen LogP contribution in [0.3, 0.4) is 0 Å². The lowest BCUT2D eigenvalue weighted by Gasteiger charge is -2.41. The van der Waals surface area contributed by atoms with E-state index in [2.05, 4.69) is 28.9 Å². The Morgan fingerprint density at radius 2 is 2.12 bits per heavy atom. The molecule has 0 saturated carbocycles. The summed E-state index contributed by atoms with van der Waals surface area (Å²) in [5, 5.41) is 0. The highest BCUT2D eigenvalue weighted by Gasteiger charge is 2.26. The van der Waals surface area contributed by atoms with Gasteiger partial charge in [-0.15, -0.1) is 0 Å². The summed E-state index contributed by atoms with van der Waals surface area (Å²) in [5.74, 6) is 1.26. The molecule has 24 heavy (non-hydrogen) atoms. The van der Waals surface area contributed by atoms with Crippen molar-refractivity contribution >= 4 is 11.6 Å². The molecule has 2 aromatic rings. The normalized spacial score (nSPS) is 18.0. The maximum absolute atomic E-state index is 12.3. The van der Waals surface area contributed by atoms with Crippen LogP contribution in [0.5, 0.6) is 0 Å². The number of nitrogens with zero attached hydrogens (tertiary/aromatic N) is 3. The van der Waals surface area contributed by atoms with Gasteiger partial charge < -0.3 is 19.0 Å². The lowest BCUT2D eigenvalue weighted by molar-refractivity contribution is -0.137. The molecule has 1 amide bonds. The van der Waals surface area contributed by atoms with Crippen molar-refractivity contribution in [3.8, 4) is 0 Å². The highest BCUT2D eigenvalue weighted by atomic mass is 16.5. The average Bonchev–Trinajstić information content (AvgIpc) is 3.00. The van der Waals surface area contributed by atoms with Crippen molar-refractivity contribution in [1.29, 1.82) is 0 Å². The first kappa shape index (κ1) is 16.5. The molecule has 1 aromatic heterocycles. The quantitative estimate of drug-likeness (QED) is 0.842. The molecule has 1 saturated heterocycles. The molecule has 1 atom stereocenters. The average molecular weight is 329 g/mol. The molecule has 0 aliphatic carbocycles. The molecule has 1 fully saturated rings. The smallest absolute Gasteiger partial charge is 0.248 e. The number of hydrogen-bond acceptors (Lipinski definition) is 5. The number of aryl methyl sites for hydroxylation is 1. The van der Waals surface area contributed by atoms with Gasteiger partial charge in [0, 0.05) is 31.4 Å². The Morgan fingerprint density at radius 1 is 1.33 bits per heavy atom. The molecule has 3 rings (SSSR count). The van der Waals surface area contributed by atoms with E-state index in [9.17, 15) is 4.79 Å². The topological polar surface area (TPSA) is 58.8 Å². The minimum Gasteiger partial charge on any atom is -0.443 e. The van der Waals surface area contributed by atoms with Crippen molar-refractivity contribution in [2.75, 3.05) is 31.1 Å². The van der Waals surface area contributed by atoms with E-state index < -0.39 is 0 Å². The molecule has 0 radical (unpaired) electrons. The standard InChI is InChI=1S/C18H23N3O3/c1-14-11-20(8-9-21(14)16-6-4-3-5-7-16)18(22)13-23-12-17-19-10-15(2)24-17/h3-7,10,14H,8-9,11-13H2,1-2H3. The molecule has 0 spiro atoms. The Balaban J connectivity index is 1.47. The SMILES string of the molecule is Cc1cnc(COCC(=O)N2CCN(c3ccccc3)C(C)C2)o1. The van der Waals surface area contributed by atoms with Gasteiger partial charge in [-0.25, -0.2) is 4.98 Å². The zero-order valence-corrected chi connectivity index (χ0v) is 14.1. The summed E-state index contributed by atoms with van der Waals surface area (Å²) in [6.45, 7) is 6.49. The predicted octanol–water partition coefficient (Wildman–Crippen LogP) is 2.24. The van der Waals surface area contributed by atoms with Crippen LogP contribution in [-0.4, -0.2) is 48.1 Å². The highest BCUT2D eigenvalue weighted by molar-refractivity contribution is 5.77. The zero-order valence-electron chi connectivity index (χ0n) is 14.1. The molecule has 6 nitrogen and oxygen atoms in total. The maximum atomic E-state index is 12.3. The summed E-state index contributed by atoms with van der Waals surface area (Å²) in [6, 6.07) is 10.6. The number of hydrogen-bond donors (Lipinski definition) is 0. The minimum absolute atomic E-state index is 0.0119. The van der Waals surface area contributed by atoms with Crippen LogP contribution >= 0.6 is 0 Å². The van der Waals surface area contributed by atoms with Crippen molar-refractivity contribution in [1.82, 2.24) is 9.88 Å². The predicted molar refractivity (Wildman–Crippen MR) is 90.7 cm³/mol. The van der Waals surface area contributed by atoms with E-state index >= 15 is 0 Å². The largest absolute Gasteiger partial charge is 0.443 e. The number of benzene rings is 1. The first-order valence-corrected chi connectivity index (χ1v) is 8.22. The van der Waals surface area contributed by atoms with Crippen molar-refractivity contribution < 1.29 is 13.9 Å². The van der Waals surface area contributed by atoms with Gasteiger partial charge in [0.2, 0.25) is 11.8 Å². The first-order valence-electron chi connectivity index (χ1n) is 8.22. The minimum atomic E-state index is 0.0119. The maximum Gasteiger partial charge on any atom is 0.248 e. The highest BCUT2D eigenvalue weighted by Crippen LogP contribution is 2.20. The van der Waals surface area contributed by atoms with Crippen LogP contribution in [0.1, 0.15) is 18.6 Å². The second-order valence-corrected chi connectivity index (χ2v) is 6.08. The van der Waals surface area contributed by atoms with E-state index in [1.807, 2.05) is 30.0 Å². The Hall–Kier alpha value is -2.34. The number of amides is 1. The number of carbonyl (C=O) groups is 1. The number of carbonyl (C=O) groups excluding carboxylic acids is 1. The van der Waals surface area contributed by atoms with Gasteiger partial charge in [-0.05, 0) is 26.0 Å². The molecule has 0 N–H and O–H groups in total. The van der Waals surface area contributed by atoms with Gasteiger partial charge in [0.1, 0.15) is 19.0 Å². The van der Waals surface area contributed by atoms with E-state index in [0.29, 0.717) is 19.0 Å². The van der Waals surface area contributed by atoms with Crippen LogP contribution in [0, 0.1) is 6.92 Å². The summed E-state index contributed by atoms with van der Waals surface area (Å²) >= 11 is 0. The fourth-order valence-electron chi connectivity index (χ4n) is 2.97. The lowest BCUT2D eigenvalue weighted by atomic mass is 10.1. The second-order valence-electron chi connectivity index (χ2n) is 6.08. The van der Waals surface area contributed by atoms with Crippen LogP contribution in [0.15, 0.2) is 40.9 Å². The van der Waals surface area contributed by atoms with Gasteiger partial charge in [-0.1, -0.05) is 18.2 Å². The number of para-hydroxylation sites is 1. The molecule has 1 aliphatic heterocycles. The van der Waals surface area contributed by atoms with Gasteiger partial charge in [0.05, 0.1) is 6.20 Å². The monoisotopic (exact) mass is 329 g/mol. The van der Waals surface area contributed by atoms with Crippen LogP contribution < -0.4 is 4.90 Å². The number of ether oxygens (including phenoxy) is 1. The van der Waals surface area contributed by atoms with Gasteiger partial charge in [-0.3, -0.25) is 4.79 Å². The van der Waals surface area contributed by atoms with Crippen LogP contribution in [0.2, 0.25) is 0 Å². The van der Waals surface area contributed by atoms with E-state index in [-0.39, 0.29) is 25.2 Å². The van der Waals surface area contributed by atoms with E-state index in [1.165, 1.54) is 5.69 Å². The number of oxazole rings is 1. The third kappa shape index (κ3) is 3.94. The summed E-state index contributed by atoms with van der Waals surface area (Å²) in [7, 11) is 0.